The summed E-state index contributed by atoms with van der Waals surface area (Å²) in [4.78, 5) is 2.13. The smallest absolute Gasteiger partial charge is 0.250 e. The van der Waals surface area contributed by atoms with Crippen molar-refractivity contribution in [1.29, 1.82) is 0 Å². The number of rotatable bonds is 2. The van der Waals surface area contributed by atoms with Crippen molar-refractivity contribution in [2.45, 2.75) is 46.5 Å². The third-order valence-electron chi connectivity index (χ3n) is 2.21. The van der Waals surface area contributed by atoms with E-state index in [4.69, 9.17) is 0 Å². The van der Waals surface area contributed by atoms with Crippen LogP contribution in [0.2, 0.25) is 0 Å². The van der Waals surface area contributed by atoms with Crippen molar-refractivity contribution in [2.24, 2.45) is 5.92 Å². The van der Waals surface area contributed by atoms with Crippen molar-refractivity contribution in [3.8, 4) is 0 Å². The van der Waals surface area contributed by atoms with Gasteiger partial charge in [0, 0.05) is 32.5 Å². The minimum atomic E-state index is -2.40. The van der Waals surface area contributed by atoms with E-state index in [0.29, 0.717) is 19.0 Å². The molecule has 86 valence electrons. The van der Waals surface area contributed by atoms with E-state index >= 15 is 0 Å². The Kier molecular flexibility index (Phi) is 6.25. The SMILES string of the molecule is CC.CC(C)CN1CCC(F)(F)CC1. The molecule has 0 aliphatic carbocycles. The number of piperidine rings is 1. The van der Waals surface area contributed by atoms with Crippen LogP contribution in [0.25, 0.3) is 0 Å². The summed E-state index contributed by atoms with van der Waals surface area (Å²) >= 11 is 0. The quantitative estimate of drug-likeness (QED) is 0.671. The first kappa shape index (κ1) is 13.8. The van der Waals surface area contributed by atoms with E-state index in [0.717, 1.165) is 6.54 Å². The maximum Gasteiger partial charge on any atom is 0.250 e. The highest BCUT2D eigenvalue weighted by molar-refractivity contribution is 4.77. The fourth-order valence-corrected chi connectivity index (χ4v) is 1.58. The molecule has 0 atom stereocenters. The first-order valence-corrected chi connectivity index (χ1v) is 5.60. The maximum absolute atomic E-state index is 12.7. The molecule has 0 aromatic heterocycles. The predicted molar refractivity (Wildman–Crippen MR) is 56.8 cm³/mol. The van der Waals surface area contributed by atoms with Crippen LogP contribution in [0.3, 0.4) is 0 Å². The van der Waals surface area contributed by atoms with Gasteiger partial charge < -0.3 is 4.90 Å². The van der Waals surface area contributed by atoms with Gasteiger partial charge in [0.15, 0.2) is 0 Å². The molecule has 0 saturated carbocycles. The van der Waals surface area contributed by atoms with E-state index in [-0.39, 0.29) is 12.8 Å². The fraction of sp³-hybridized carbons (Fsp3) is 1.00. The molecule has 14 heavy (non-hydrogen) atoms. The Hall–Kier alpha value is -0.180. The Bertz CT molecular complexity index is 136. The van der Waals surface area contributed by atoms with Crippen molar-refractivity contribution in [2.75, 3.05) is 19.6 Å². The van der Waals surface area contributed by atoms with Crippen LogP contribution in [0.4, 0.5) is 8.78 Å². The molecule has 0 aromatic carbocycles. The highest BCUT2D eigenvalue weighted by Crippen LogP contribution is 2.27. The number of hydrogen-bond acceptors (Lipinski definition) is 1. The van der Waals surface area contributed by atoms with E-state index in [1.165, 1.54) is 0 Å². The molecule has 0 spiro atoms. The highest BCUT2D eigenvalue weighted by atomic mass is 19.3. The van der Waals surface area contributed by atoms with Gasteiger partial charge >= 0.3 is 0 Å². The monoisotopic (exact) mass is 207 g/mol. The number of alkyl halides is 2. The predicted octanol–water partition coefficient (Wildman–Crippen LogP) is 3.40. The summed E-state index contributed by atoms with van der Waals surface area (Å²) in [7, 11) is 0. The van der Waals surface area contributed by atoms with Crippen LogP contribution in [-0.4, -0.2) is 30.5 Å². The zero-order valence-electron chi connectivity index (χ0n) is 9.82. The molecule has 0 bridgehead atoms. The third-order valence-corrected chi connectivity index (χ3v) is 2.21. The molecule has 1 aliphatic heterocycles. The molecule has 1 nitrogen and oxygen atoms in total. The summed E-state index contributed by atoms with van der Waals surface area (Å²) in [6, 6.07) is 0. The van der Waals surface area contributed by atoms with Crippen LogP contribution in [-0.2, 0) is 0 Å². The summed E-state index contributed by atoms with van der Waals surface area (Å²) in [5.41, 5.74) is 0. The van der Waals surface area contributed by atoms with Gasteiger partial charge in [0.1, 0.15) is 0 Å². The van der Waals surface area contributed by atoms with Gasteiger partial charge in [-0.05, 0) is 5.92 Å². The van der Waals surface area contributed by atoms with Crippen molar-refractivity contribution in [3.63, 3.8) is 0 Å². The van der Waals surface area contributed by atoms with Crippen LogP contribution in [0, 0.1) is 5.92 Å². The minimum Gasteiger partial charge on any atom is -0.303 e. The standard InChI is InChI=1S/C9H17F2N.C2H6/c1-8(2)7-12-5-3-9(10,11)4-6-12;1-2/h8H,3-7H2,1-2H3;1-2H3. The van der Waals surface area contributed by atoms with E-state index in [1.54, 1.807) is 0 Å². The molecule has 1 heterocycles. The Morgan fingerprint density at radius 1 is 1.14 bits per heavy atom. The molecule has 0 unspecified atom stereocenters. The van der Waals surface area contributed by atoms with Crippen LogP contribution in [0.1, 0.15) is 40.5 Å². The second-order valence-corrected chi connectivity index (χ2v) is 4.05. The molecule has 1 aliphatic rings. The van der Waals surface area contributed by atoms with Crippen LogP contribution >= 0.6 is 0 Å². The Morgan fingerprint density at radius 3 is 1.93 bits per heavy atom. The largest absolute Gasteiger partial charge is 0.303 e. The molecular formula is C11H23F2N. The zero-order chi connectivity index (χ0) is 11.2. The summed E-state index contributed by atoms with van der Waals surface area (Å²) in [6.45, 7) is 10.3. The number of hydrogen-bond donors (Lipinski definition) is 0. The van der Waals surface area contributed by atoms with Gasteiger partial charge in [0.25, 0.3) is 5.92 Å². The van der Waals surface area contributed by atoms with Crippen LogP contribution < -0.4 is 0 Å². The number of likely N-dealkylation sites (tertiary alicyclic amines) is 1. The van der Waals surface area contributed by atoms with Gasteiger partial charge in [0.2, 0.25) is 0 Å². The first-order chi connectivity index (χ1) is 6.49. The summed E-state index contributed by atoms with van der Waals surface area (Å²) < 4.78 is 25.4. The van der Waals surface area contributed by atoms with Gasteiger partial charge in [-0.25, -0.2) is 8.78 Å². The van der Waals surface area contributed by atoms with Crippen molar-refractivity contribution in [1.82, 2.24) is 4.90 Å². The van der Waals surface area contributed by atoms with Crippen molar-refractivity contribution in [3.05, 3.63) is 0 Å². The second kappa shape index (κ2) is 6.33. The summed E-state index contributed by atoms with van der Waals surface area (Å²) in [6.07, 6.45) is 0.0828. The lowest BCUT2D eigenvalue weighted by Crippen LogP contribution is -2.40. The van der Waals surface area contributed by atoms with Crippen LogP contribution in [0.5, 0.6) is 0 Å². The lowest BCUT2D eigenvalue weighted by atomic mass is 10.1. The molecule has 0 amide bonds. The Balaban J connectivity index is 0.000000791. The molecule has 0 radical (unpaired) electrons. The molecule has 1 fully saturated rings. The number of halogens is 2. The minimum absolute atomic E-state index is 0.0414. The van der Waals surface area contributed by atoms with E-state index in [1.807, 2.05) is 13.8 Å². The van der Waals surface area contributed by atoms with E-state index < -0.39 is 5.92 Å². The zero-order valence-corrected chi connectivity index (χ0v) is 9.82. The van der Waals surface area contributed by atoms with Gasteiger partial charge in [-0.3, -0.25) is 0 Å². The fourth-order valence-electron chi connectivity index (χ4n) is 1.58. The molecule has 3 heteroatoms. The maximum atomic E-state index is 12.7. The Labute approximate surface area is 86.5 Å². The van der Waals surface area contributed by atoms with E-state index in [2.05, 4.69) is 18.7 Å². The van der Waals surface area contributed by atoms with Gasteiger partial charge in [0.05, 0.1) is 0 Å². The molecule has 1 saturated heterocycles. The molecule has 1 rings (SSSR count). The van der Waals surface area contributed by atoms with Gasteiger partial charge in [-0.2, -0.15) is 0 Å². The Morgan fingerprint density at radius 2 is 1.57 bits per heavy atom. The molecule has 0 N–H and O–H groups in total. The first-order valence-electron chi connectivity index (χ1n) is 5.60. The third kappa shape index (κ3) is 5.53. The average molecular weight is 207 g/mol. The molecule has 0 aromatic rings. The van der Waals surface area contributed by atoms with E-state index in [9.17, 15) is 8.78 Å². The molecular weight excluding hydrogens is 184 g/mol. The normalized spacial score (nSPS) is 21.6. The van der Waals surface area contributed by atoms with Crippen LogP contribution in [0.15, 0.2) is 0 Å². The lowest BCUT2D eigenvalue weighted by Gasteiger charge is -2.32. The summed E-state index contributed by atoms with van der Waals surface area (Å²) in [5, 5.41) is 0. The number of nitrogens with zero attached hydrogens (tertiary/aromatic N) is 1. The van der Waals surface area contributed by atoms with Gasteiger partial charge in [-0.15, -0.1) is 0 Å². The average Bonchev–Trinajstić information content (AvgIpc) is 2.12. The topological polar surface area (TPSA) is 3.24 Å². The van der Waals surface area contributed by atoms with Crippen molar-refractivity contribution < 1.29 is 8.78 Å². The highest BCUT2D eigenvalue weighted by Gasteiger charge is 2.33. The summed E-state index contributed by atoms with van der Waals surface area (Å²) in [5.74, 6) is -1.82. The second-order valence-electron chi connectivity index (χ2n) is 4.05. The lowest BCUT2D eigenvalue weighted by molar-refractivity contribution is -0.0566. The van der Waals surface area contributed by atoms with Crippen molar-refractivity contribution >= 4 is 0 Å². The van der Waals surface area contributed by atoms with Gasteiger partial charge in [-0.1, -0.05) is 27.7 Å².